The minimum Gasteiger partial charge on any atom is -0.358 e. The third-order valence-corrected chi connectivity index (χ3v) is 3.48. The smallest absolute Gasteiger partial charge is 0.315 e. The minimum atomic E-state index is -0.0723. The van der Waals surface area contributed by atoms with Crippen molar-refractivity contribution >= 4 is 16.9 Å². The zero-order chi connectivity index (χ0) is 12.5. The van der Waals surface area contributed by atoms with Crippen molar-refractivity contribution < 1.29 is 4.79 Å². The van der Waals surface area contributed by atoms with E-state index in [2.05, 4.69) is 33.8 Å². The Kier molecular flexibility index (Phi) is 2.70. The Hall–Kier alpha value is -1.97. The maximum Gasteiger partial charge on any atom is 0.315 e. The highest BCUT2D eigenvalue weighted by Crippen LogP contribution is 2.29. The molecule has 0 radical (unpaired) electrons. The molecule has 1 aromatic carbocycles. The number of carbonyl (C=O) groups excluding carboxylic acids is 1. The van der Waals surface area contributed by atoms with Crippen molar-refractivity contribution in [1.29, 1.82) is 0 Å². The molecule has 0 bridgehead atoms. The largest absolute Gasteiger partial charge is 0.358 e. The lowest BCUT2D eigenvalue weighted by molar-refractivity contribution is 0.238. The molecule has 1 aromatic heterocycles. The molecule has 1 atom stereocenters. The number of hydrogen-bond donors (Lipinski definition) is 3. The topological polar surface area (TPSA) is 56.9 Å². The van der Waals surface area contributed by atoms with E-state index in [9.17, 15) is 4.79 Å². The van der Waals surface area contributed by atoms with Gasteiger partial charge in [0, 0.05) is 35.6 Å². The van der Waals surface area contributed by atoms with Gasteiger partial charge in [0.2, 0.25) is 0 Å². The zero-order valence-electron chi connectivity index (χ0n) is 10.4. The predicted octanol–water partition coefficient (Wildman–Crippen LogP) is 1.95. The van der Waals surface area contributed by atoms with Crippen LogP contribution in [0.5, 0.6) is 0 Å². The average Bonchev–Trinajstić information content (AvgIpc) is 2.86. The summed E-state index contributed by atoms with van der Waals surface area (Å²) in [5, 5.41) is 7.06. The van der Waals surface area contributed by atoms with Gasteiger partial charge in [-0.2, -0.15) is 0 Å². The fourth-order valence-electron chi connectivity index (χ4n) is 2.73. The van der Waals surface area contributed by atoms with Crippen LogP contribution in [0.25, 0.3) is 10.9 Å². The Bertz CT molecular complexity index is 588. The first-order valence-electron chi connectivity index (χ1n) is 6.40. The summed E-state index contributed by atoms with van der Waals surface area (Å²) in [5.74, 6) is 0. The van der Waals surface area contributed by atoms with Gasteiger partial charge in [-0.1, -0.05) is 18.2 Å². The van der Waals surface area contributed by atoms with Gasteiger partial charge in [-0.05, 0) is 25.0 Å². The molecule has 1 heterocycles. The van der Waals surface area contributed by atoms with Gasteiger partial charge in [0.1, 0.15) is 0 Å². The quantitative estimate of drug-likeness (QED) is 0.742. The summed E-state index contributed by atoms with van der Waals surface area (Å²) in [6.07, 6.45) is 1.80. The molecular weight excluding hydrogens is 226 g/mol. The molecule has 2 aromatic rings. The summed E-state index contributed by atoms with van der Waals surface area (Å²) >= 11 is 0. The Morgan fingerprint density at radius 2 is 2.22 bits per heavy atom. The number of aromatic nitrogens is 1. The third-order valence-electron chi connectivity index (χ3n) is 3.48. The summed E-state index contributed by atoms with van der Waals surface area (Å²) in [5.41, 5.74) is 3.81. The molecule has 1 unspecified atom stereocenters. The molecule has 1 aliphatic rings. The number of hydrogen-bond acceptors (Lipinski definition) is 1. The molecule has 3 N–H and O–H groups in total. The number of H-pyrrole nitrogens is 1. The number of para-hydroxylation sites is 1. The molecule has 0 fully saturated rings. The lowest BCUT2D eigenvalue weighted by atomic mass is 10.1. The second-order valence-electron chi connectivity index (χ2n) is 4.74. The highest BCUT2D eigenvalue weighted by atomic mass is 16.2. The molecule has 1 aliphatic carbocycles. The molecule has 0 saturated carbocycles. The van der Waals surface area contributed by atoms with Crippen molar-refractivity contribution in [2.75, 3.05) is 6.54 Å². The predicted molar refractivity (Wildman–Crippen MR) is 71.7 cm³/mol. The number of rotatable bonds is 2. The van der Waals surface area contributed by atoms with E-state index >= 15 is 0 Å². The van der Waals surface area contributed by atoms with Crippen LogP contribution in [0.1, 0.15) is 18.2 Å². The van der Waals surface area contributed by atoms with E-state index in [0.717, 1.165) is 12.8 Å². The lowest BCUT2D eigenvalue weighted by Gasteiger charge is -2.12. The second-order valence-corrected chi connectivity index (χ2v) is 4.74. The van der Waals surface area contributed by atoms with E-state index < -0.39 is 0 Å². The van der Waals surface area contributed by atoms with Crippen molar-refractivity contribution in [3.05, 3.63) is 35.5 Å². The zero-order valence-corrected chi connectivity index (χ0v) is 10.4. The fourth-order valence-corrected chi connectivity index (χ4v) is 2.73. The van der Waals surface area contributed by atoms with Gasteiger partial charge in [0.25, 0.3) is 0 Å². The second kappa shape index (κ2) is 4.37. The van der Waals surface area contributed by atoms with E-state index in [-0.39, 0.29) is 12.1 Å². The number of aromatic amines is 1. The molecule has 0 aliphatic heterocycles. The van der Waals surface area contributed by atoms with Crippen LogP contribution < -0.4 is 10.6 Å². The molecule has 3 rings (SSSR count). The average molecular weight is 243 g/mol. The van der Waals surface area contributed by atoms with Crippen LogP contribution in [0, 0.1) is 0 Å². The van der Waals surface area contributed by atoms with E-state index in [4.69, 9.17) is 0 Å². The van der Waals surface area contributed by atoms with E-state index in [1.807, 2.05) is 13.0 Å². The van der Waals surface area contributed by atoms with Gasteiger partial charge >= 0.3 is 6.03 Å². The molecule has 4 nitrogen and oxygen atoms in total. The molecule has 0 saturated heterocycles. The molecule has 2 amide bonds. The van der Waals surface area contributed by atoms with Crippen LogP contribution in [-0.4, -0.2) is 23.6 Å². The van der Waals surface area contributed by atoms with Crippen LogP contribution in [-0.2, 0) is 12.8 Å². The van der Waals surface area contributed by atoms with Crippen LogP contribution in [0.3, 0.4) is 0 Å². The standard InChI is InChI=1S/C14H17N3O/c1-2-15-14(18)16-9-7-11-10-5-3-4-6-12(10)17-13(11)8-9/h3-6,9,17H,2,7-8H2,1H3,(H2,15,16,18). The SMILES string of the molecule is CCNC(=O)NC1Cc2[nH]c3ccccc3c2C1. The maximum absolute atomic E-state index is 11.5. The first kappa shape index (κ1) is 11.1. The summed E-state index contributed by atoms with van der Waals surface area (Å²) < 4.78 is 0. The fraction of sp³-hybridized carbons (Fsp3) is 0.357. The third kappa shape index (κ3) is 1.83. The van der Waals surface area contributed by atoms with Crippen LogP contribution in [0.4, 0.5) is 4.79 Å². The highest BCUT2D eigenvalue weighted by molar-refractivity contribution is 5.85. The van der Waals surface area contributed by atoms with Gasteiger partial charge in [-0.15, -0.1) is 0 Å². The first-order chi connectivity index (χ1) is 8.78. The van der Waals surface area contributed by atoms with Crippen LogP contribution in [0.2, 0.25) is 0 Å². The van der Waals surface area contributed by atoms with E-state index in [0.29, 0.717) is 6.54 Å². The van der Waals surface area contributed by atoms with Gasteiger partial charge in [0.15, 0.2) is 0 Å². The molecule has 4 heteroatoms. The normalized spacial score (nSPS) is 17.7. The summed E-state index contributed by atoms with van der Waals surface area (Å²) in [7, 11) is 0. The van der Waals surface area contributed by atoms with Gasteiger partial charge < -0.3 is 15.6 Å². The molecule has 94 valence electrons. The lowest BCUT2D eigenvalue weighted by Crippen LogP contribution is -2.42. The molecule has 0 spiro atoms. The number of fused-ring (bicyclic) bond motifs is 3. The first-order valence-corrected chi connectivity index (χ1v) is 6.40. The number of benzene rings is 1. The van der Waals surface area contributed by atoms with Crippen molar-refractivity contribution in [3.63, 3.8) is 0 Å². The monoisotopic (exact) mass is 243 g/mol. The highest BCUT2D eigenvalue weighted by Gasteiger charge is 2.26. The maximum atomic E-state index is 11.5. The molecular formula is C14H17N3O. The van der Waals surface area contributed by atoms with Crippen LogP contribution in [0.15, 0.2) is 24.3 Å². The number of carbonyl (C=O) groups is 1. The van der Waals surface area contributed by atoms with E-state index in [1.54, 1.807) is 0 Å². The summed E-state index contributed by atoms with van der Waals surface area (Å²) in [6, 6.07) is 8.47. The minimum absolute atomic E-state index is 0.0723. The summed E-state index contributed by atoms with van der Waals surface area (Å²) in [4.78, 5) is 14.9. The van der Waals surface area contributed by atoms with Crippen molar-refractivity contribution in [1.82, 2.24) is 15.6 Å². The van der Waals surface area contributed by atoms with Gasteiger partial charge in [0.05, 0.1) is 0 Å². The number of nitrogens with one attached hydrogen (secondary N) is 3. The van der Waals surface area contributed by atoms with Crippen molar-refractivity contribution in [2.24, 2.45) is 0 Å². The number of amides is 2. The Labute approximate surface area is 106 Å². The van der Waals surface area contributed by atoms with E-state index in [1.165, 1.54) is 22.2 Å². The summed E-state index contributed by atoms with van der Waals surface area (Å²) in [6.45, 7) is 2.58. The van der Waals surface area contributed by atoms with Crippen LogP contribution >= 0.6 is 0 Å². The Balaban J connectivity index is 1.78. The van der Waals surface area contributed by atoms with Crippen molar-refractivity contribution in [2.45, 2.75) is 25.8 Å². The van der Waals surface area contributed by atoms with Crippen molar-refractivity contribution in [3.8, 4) is 0 Å². The molecule has 18 heavy (non-hydrogen) atoms. The Morgan fingerprint density at radius 1 is 1.39 bits per heavy atom. The Morgan fingerprint density at radius 3 is 3.06 bits per heavy atom. The van der Waals surface area contributed by atoms with Gasteiger partial charge in [-0.25, -0.2) is 4.79 Å². The van der Waals surface area contributed by atoms with Gasteiger partial charge in [-0.3, -0.25) is 0 Å². The number of urea groups is 1.